The minimum absolute atomic E-state index is 0.0567. The van der Waals surface area contributed by atoms with Crippen LogP contribution >= 0.6 is 0 Å². The van der Waals surface area contributed by atoms with Crippen molar-refractivity contribution in [2.45, 2.75) is 45.8 Å². The summed E-state index contributed by atoms with van der Waals surface area (Å²) in [6, 6.07) is 9.37. The van der Waals surface area contributed by atoms with Crippen LogP contribution in [0.2, 0.25) is 0 Å². The van der Waals surface area contributed by atoms with Crippen LogP contribution in [-0.2, 0) is 0 Å². The first-order chi connectivity index (χ1) is 16.2. The molecular weight excluding hydrogens is 436 g/mol. The van der Waals surface area contributed by atoms with Crippen molar-refractivity contribution in [2.75, 3.05) is 32.7 Å². The van der Waals surface area contributed by atoms with Crippen LogP contribution in [0.5, 0.6) is 5.75 Å². The maximum atomic E-state index is 15.2. The van der Waals surface area contributed by atoms with Gasteiger partial charge in [0.15, 0.2) is 17.4 Å². The molecule has 5 nitrogen and oxygen atoms in total. The van der Waals surface area contributed by atoms with Gasteiger partial charge in [-0.1, -0.05) is 24.3 Å². The van der Waals surface area contributed by atoms with Gasteiger partial charge in [0.2, 0.25) is 0 Å². The van der Waals surface area contributed by atoms with Crippen molar-refractivity contribution in [1.82, 2.24) is 14.7 Å². The Labute approximate surface area is 201 Å². The van der Waals surface area contributed by atoms with Gasteiger partial charge in [-0.05, 0) is 51.5 Å². The minimum atomic E-state index is -0.989. The molecule has 0 aromatic heterocycles. The Morgan fingerprint density at radius 3 is 2.35 bits per heavy atom. The largest absolute Gasteiger partial charge is 0.503 e. The molecule has 0 saturated carbocycles. The summed E-state index contributed by atoms with van der Waals surface area (Å²) < 4.78 is 29.0. The average molecular weight is 472 g/mol. The molecule has 184 valence electrons. The van der Waals surface area contributed by atoms with E-state index < -0.39 is 23.4 Å². The van der Waals surface area contributed by atoms with Crippen LogP contribution in [-0.4, -0.2) is 70.5 Å². The van der Waals surface area contributed by atoms with Crippen LogP contribution < -0.4 is 0 Å². The zero-order valence-electron chi connectivity index (χ0n) is 20.5. The lowest BCUT2D eigenvalue weighted by atomic mass is 9.92. The second-order valence-corrected chi connectivity index (χ2v) is 8.94. The number of hydrogen-bond donors (Lipinski definition) is 1. The van der Waals surface area contributed by atoms with Crippen LogP contribution in [0.15, 0.2) is 49.1 Å². The first-order valence-corrected chi connectivity index (χ1v) is 11.9. The zero-order chi connectivity index (χ0) is 25.0. The molecule has 3 rings (SSSR count). The van der Waals surface area contributed by atoms with E-state index in [0.717, 1.165) is 24.7 Å². The molecule has 0 radical (unpaired) electrons. The molecule has 1 aliphatic heterocycles. The second kappa shape index (κ2) is 11.1. The Kier molecular flexibility index (Phi) is 8.44. The minimum Gasteiger partial charge on any atom is -0.503 e. The summed E-state index contributed by atoms with van der Waals surface area (Å²) in [5.41, 5.74) is 1.54. The number of nitrogens with zero attached hydrogens (tertiary/aromatic N) is 3. The van der Waals surface area contributed by atoms with E-state index >= 15 is 4.39 Å². The van der Waals surface area contributed by atoms with Crippen molar-refractivity contribution >= 4 is 5.91 Å². The lowest BCUT2D eigenvalue weighted by Crippen LogP contribution is -2.57. The number of hydrogen-bond acceptors (Lipinski definition) is 4. The third kappa shape index (κ3) is 5.15. The molecule has 1 fully saturated rings. The Bertz CT molecular complexity index is 1010. The van der Waals surface area contributed by atoms with Gasteiger partial charge in [-0.15, -0.1) is 6.58 Å². The van der Waals surface area contributed by atoms with E-state index in [1.54, 1.807) is 17.0 Å². The summed E-state index contributed by atoms with van der Waals surface area (Å²) in [5, 5.41) is 10.0. The van der Waals surface area contributed by atoms with E-state index in [2.05, 4.69) is 30.2 Å². The van der Waals surface area contributed by atoms with Crippen molar-refractivity contribution < 1.29 is 18.7 Å². The van der Waals surface area contributed by atoms with Crippen LogP contribution in [0.1, 0.15) is 55.2 Å². The molecule has 2 aromatic rings. The van der Waals surface area contributed by atoms with Gasteiger partial charge in [-0.25, -0.2) is 8.78 Å². The van der Waals surface area contributed by atoms with Crippen molar-refractivity contribution in [3.05, 3.63) is 77.4 Å². The summed E-state index contributed by atoms with van der Waals surface area (Å²) in [5.74, 6) is -2.97. The van der Waals surface area contributed by atoms with Crippen LogP contribution in [0.25, 0.3) is 0 Å². The number of rotatable bonds is 8. The predicted octanol–water partition coefficient (Wildman–Crippen LogP) is 4.82. The van der Waals surface area contributed by atoms with Gasteiger partial charge < -0.3 is 10.0 Å². The summed E-state index contributed by atoms with van der Waals surface area (Å²) in [6.07, 6.45) is 1.87. The van der Waals surface area contributed by atoms with Gasteiger partial charge in [0.25, 0.3) is 5.91 Å². The molecule has 1 amide bonds. The van der Waals surface area contributed by atoms with Gasteiger partial charge in [0.05, 0.1) is 6.04 Å². The molecule has 1 N–H and O–H groups in total. The lowest BCUT2D eigenvalue weighted by molar-refractivity contribution is 0.0297. The van der Waals surface area contributed by atoms with Crippen molar-refractivity contribution in [1.29, 1.82) is 0 Å². The summed E-state index contributed by atoms with van der Waals surface area (Å²) in [7, 11) is 0. The Hall–Kier alpha value is -2.77. The van der Waals surface area contributed by atoms with Gasteiger partial charge in [0.1, 0.15) is 0 Å². The first kappa shape index (κ1) is 25.8. The highest BCUT2D eigenvalue weighted by Gasteiger charge is 2.36. The number of halogens is 2. The standard InChI is InChI=1S/C27H35F2N3O2/c1-6-15-31-16-19(5)32(17-18(31)4)25(22-13-14-23(28)26(33)24(22)29)20-9-11-21(12-10-20)27(34)30(7-2)8-3/h6,9-14,18-19,25,33H,1,7-8,15-17H2,2-5H3. The number of aromatic hydroxyl groups is 1. The number of benzene rings is 2. The molecule has 0 bridgehead atoms. The Balaban J connectivity index is 2.04. The van der Waals surface area contributed by atoms with Crippen molar-refractivity contribution in [3.8, 4) is 5.75 Å². The Morgan fingerprint density at radius 1 is 1.12 bits per heavy atom. The second-order valence-electron chi connectivity index (χ2n) is 8.94. The molecular formula is C27H35F2N3O2. The third-order valence-electron chi connectivity index (χ3n) is 6.77. The van der Waals surface area contributed by atoms with E-state index in [1.807, 2.05) is 32.1 Å². The summed E-state index contributed by atoms with van der Waals surface area (Å²) in [4.78, 5) is 19.0. The number of carbonyl (C=O) groups is 1. The number of phenols is 1. The van der Waals surface area contributed by atoms with E-state index in [9.17, 15) is 14.3 Å². The number of phenolic OH excluding ortho intramolecular Hbond substituents is 1. The first-order valence-electron chi connectivity index (χ1n) is 11.9. The smallest absolute Gasteiger partial charge is 0.253 e. The predicted molar refractivity (Wildman–Crippen MR) is 131 cm³/mol. The highest BCUT2D eigenvalue weighted by molar-refractivity contribution is 5.94. The van der Waals surface area contributed by atoms with Crippen LogP contribution in [0.3, 0.4) is 0 Å². The molecule has 1 saturated heterocycles. The van der Waals surface area contributed by atoms with Gasteiger partial charge in [-0.2, -0.15) is 0 Å². The summed E-state index contributed by atoms with van der Waals surface area (Å²) >= 11 is 0. The zero-order valence-corrected chi connectivity index (χ0v) is 20.5. The number of amides is 1. The van der Waals surface area contributed by atoms with Crippen molar-refractivity contribution in [2.24, 2.45) is 0 Å². The third-order valence-corrected chi connectivity index (χ3v) is 6.77. The normalized spacial score (nSPS) is 20.2. The van der Waals surface area contributed by atoms with E-state index in [4.69, 9.17) is 0 Å². The van der Waals surface area contributed by atoms with Gasteiger partial charge >= 0.3 is 0 Å². The van der Waals surface area contributed by atoms with Gasteiger partial charge in [0, 0.05) is 55.9 Å². The van der Waals surface area contributed by atoms with Crippen LogP contribution in [0, 0.1) is 11.6 Å². The van der Waals surface area contributed by atoms with E-state index in [-0.39, 0.29) is 23.6 Å². The van der Waals surface area contributed by atoms with Gasteiger partial charge in [-0.3, -0.25) is 14.6 Å². The SMILES string of the molecule is C=CCN1CC(C)N(C(c2ccc(C(=O)N(CC)CC)cc2)c2ccc(F)c(O)c2F)CC1C. The van der Waals surface area contributed by atoms with E-state index in [1.165, 1.54) is 6.07 Å². The number of piperazine rings is 1. The van der Waals surface area contributed by atoms with Crippen molar-refractivity contribution in [3.63, 3.8) is 0 Å². The Morgan fingerprint density at radius 2 is 1.76 bits per heavy atom. The number of carbonyl (C=O) groups excluding carboxylic acids is 1. The highest BCUT2D eigenvalue weighted by Crippen LogP contribution is 2.37. The molecule has 34 heavy (non-hydrogen) atoms. The molecule has 1 aliphatic rings. The topological polar surface area (TPSA) is 47.0 Å². The average Bonchev–Trinajstić information content (AvgIpc) is 2.83. The molecule has 2 aromatic carbocycles. The molecule has 1 heterocycles. The molecule has 0 aliphatic carbocycles. The lowest BCUT2D eigenvalue weighted by Gasteiger charge is -2.47. The quantitative estimate of drug-likeness (QED) is 0.561. The van der Waals surface area contributed by atoms with E-state index in [0.29, 0.717) is 25.2 Å². The summed E-state index contributed by atoms with van der Waals surface area (Å²) in [6.45, 7) is 15.3. The molecule has 0 spiro atoms. The fourth-order valence-corrected chi connectivity index (χ4v) is 4.82. The highest BCUT2D eigenvalue weighted by atomic mass is 19.1. The fourth-order valence-electron chi connectivity index (χ4n) is 4.82. The molecule has 7 heteroatoms. The van der Waals surface area contributed by atoms with Crippen LogP contribution in [0.4, 0.5) is 8.78 Å². The monoisotopic (exact) mass is 471 g/mol. The maximum absolute atomic E-state index is 15.2. The molecule has 3 unspecified atom stereocenters. The maximum Gasteiger partial charge on any atom is 0.253 e. The molecule has 3 atom stereocenters. The fraction of sp³-hybridized carbons (Fsp3) is 0.444.